The Morgan fingerprint density at radius 2 is 2.13 bits per heavy atom. The Hall–Kier alpha value is -2.68. The molecule has 0 spiro atoms. The maximum Gasteiger partial charge on any atom is 0.269 e. The van der Waals surface area contributed by atoms with Crippen molar-refractivity contribution in [1.82, 2.24) is 14.8 Å². The first-order valence-electron chi connectivity index (χ1n) is 6.69. The van der Waals surface area contributed by atoms with Crippen LogP contribution in [-0.4, -0.2) is 31.3 Å². The molecule has 0 unspecified atom stereocenters. The highest BCUT2D eigenvalue weighted by Gasteiger charge is 2.11. The number of thioether (sulfide) groups is 1. The number of amides is 1. The van der Waals surface area contributed by atoms with Crippen LogP contribution < -0.4 is 5.32 Å². The minimum Gasteiger partial charge on any atom is -0.325 e. The van der Waals surface area contributed by atoms with Gasteiger partial charge in [-0.3, -0.25) is 14.9 Å². The fourth-order valence-electron chi connectivity index (χ4n) is 1.80. The Kier molecular flexibility index (Phi) is 5.47. The van der Waals surface area contributed by atoms with Crippen molar-refractivity contribution in [3.63, 3.8) is 0 Å². The van der Waals surface area contributed by atoms with Crippen molar-refractivity contribution in [2.45, 2.75) is 18.6 Å². The number of nitro groups is 1. The maximum absolute atomic E-state index is 11.9. The smallest absolute Gasteiger partial charge is 0.269 e. The number of carbonyl (C=O) groups is 1. The van der Waals surface area contributed by atoms with Gasteiger partial charge in [-0.1, -0.05) is 17.8 Å². The van der Waals surface area contributed by atoms with Crippen molar-refractivity contribution >= 4 is 29.0 Å². The van der Waals surface area contributed by atoms with Gasteiger partial charge in [-0.2, -0.15) is 0 Å². The molecule has 0 saturated heterocycles. The molecule has 1 amide bonds. The number of rotatable bonds is 7. The molecule has 0 atom stereocenters. The number of aromatic nitrogens is 3. The van der Waals surface area contributed by atoms with Crippen LogP contribution >= 0.6 is 11.8 Å². The summed E-state index contributed by atoms with van der Waals surface area (Å²) in [7, 11) is 0. The lowest BCUT2D eigenvalue weighted by atomic mass is 10.3. The molecule has 2 rings (SSSR count). The number of benzene rings is 1. The summed E-state index contributed by atoms with van der Waals surface area (Å²) < 4.78 is 1.86. The van der Waals surface area contributed by atoms with E-state index in [2.05, 4.69) is 22.1 Å². The molecule has 0 aliphatic heterocycles. The Bertz CT molecular complexity index is 727. The zero-order valence-corrected chi connectivity index (χ0v) is 13.2. The number of hydrogen-bond donors (Lipinski definition) is 1. The fourth-order valence-corrected chi connectivity index (χ4v) is 2.59. The number of hydrogen-bond acceptors (Lipinski definition) is 6. The molecule has 9 heteroatoms. The SMILES string of the molecule is C=CCn1c(C)nnc1SCC(=O)Nc1ccc([N+](=O)[O-])cc1. The van der Waals surface area contributed by atoms with Gasteiger partial charge in [-0.05, 0) is 19.1 Å². The molecule has 8 nitrogen and oxygen atoms in total. The first-order chi connectivity index (χ1) is 11.0. The normalized spacial score (nSPS) is 10.3. The average molecular weight is 333 g/mol. The largest absolute Gasteiger partial charge is 0.325 e. The van der Waals surface area contributed by atoms with E-state index >= 15 is 0 Å². The molecule has 1 aromatic carbocycles. The summed E-state index contributed by atoms with van der Waals surface area (Å²) in [5.41, 5.74) is 0.482. The summed E-state index contributed by atoms with van der Waals surface area (Å²) in [5, 5.41) is 21.9. The molecule has 0 aliphatic carbocycles. The van der Waals surface area contributed by atoms with Gasteiger partial charge in [-0.15, -0.1) is 16.8 Å². The zero-order valence-electron chi connectivity index (χ0n) is 12.4. The molecule has 1 heterocycles. The number of nitro benzene ring substituents is 1. The second kappa shape index (κ2) is 7.54. The molecule has 0 radical (unpaired) electrons. The standard InChI is InChI=1S/C14H15N5O3S/c1-3-8-18-10(2)16-17-14(18)23-9-13(20)15-11-4-6-12(7-5-11)19(21)22/h3-7H,1,8-9H2,2H3,(H,15,20). The Morgan fingerprint density at radius 3 is 2.74 bits per heavy atom. The molecule has 1 N–H and O–H groups in total. The average Bonchev–Trinajstić information content (AvgIpc) is 2.87. The topological polar surface area (TPSA) is 103 Å². The molecule has 120 valence electrons. The summed E-state index contributed by atoms with van der Waals surface area (Å²) in [6, 6.07) is 5.66. The second-order valence-electron chi connectivity index (χ2n) is 4.57. The summed E-state index contributed by atoms with van der Waals surface area (Å²) >= 11 is 1.26. The molecule has 1 aromatic heterocycles. The van der Waals surface area contributed by atoms with Crippen LogP contribution in [0.25, 0.3) is 0 Å². The van der Waals surface area contributed by atoms with Crippen LogP contribution in [-0.2, 0) is 11.3 Å². The Morgan fingerprint density at radius 1 is 1.43 bits per heavy atom. The van der Waals surface area contributed by atoms with E-state index in [4.69, 9.17) is 0 Å². The van der Waals surface area contributed by atoms with Crippen LogP contribution in [0.5, 0.6) is 0 Å². The molecule has 0 saturated carbocycles. The molecule has 0 aliphatic rings. The lowest BCUT2D eigenvalue weighted by Crippen LogP contribution is -2.14. The highest BCUT2D eigenvalue weighted by atomic mass is 32.2. The number of non-ortho nitro benzene ring substituents is 1. The van der Waals surface area contributed by atoms with E-state index in [0.717, 1.165) is 5.82 Å². The predicted molar refractivity (Wildman–Crippen MR) is 87.4 cm³/mol. The van der Waals surface area contributed by atoms with Crippen LogP contribution in [0.1, 0.15) is 5.82 Å². The molecule has 0 bridgehead atoms. The van der Waals surface area contributed by atoms with Crippen LogP contribution in [0.4, 0.5) is 11.4 Å². The molecule has 0 fully saturated rings. The van der Waals surface area contributed by atoms with Gasteiger partial charge in [-0.25, -0.2) is 0 Å². The minimum absolute atomic E-state index is 0.0228. The van der Waals surface area contributed by atoms with Crippen LogP contribution in [0.15, 0.2) is 42.1 Å². The third kappa shape index (κ3) is 4.39. The van der Waals surface area contributed by atoms with Crippen molar-refractivity contribution in [2.75, 3.05) is 11.1 Å². The molecule has 23 heavy (non-hydrogen) atoms. The minimum atomic E-state index is -0.490. The van der Waals surface area contributed by atoms with E-state index < -0.39 is 4.92 Å². The number of nitrogens with one attached hydrogen (secondary N) is 1. The molecule has 2 aromatic rings. The first kappa shape index (κ1) is 16.7. The number of allylic oxidation sites excluding steroid dienone is 1. The van der Waals surface area contributed by atoms with Crippen molar-refractivity contribution in [3.8, 4) is 0 Å². The Balaban J connectivity index is 1.92. The van der Waals surface area contributed by atoms with Gasteiger partial charge in [0.1, 0.15) is 5.82 Å². The van der Waals surface area contributed by atoms with Gasteiger partial charge in [0.15, 0.2) is 5.16 Å². The quantitative estimate of drug-likeness (QED) is 0.361. The summed E-state index contributed by atoms with van der Waals surface area (Å²) in [5.74, 6) is 0.685. The highest BCUT2D eigenvalue weighted by Crippen LogP contribution is 2.19. The van der Waals surface area contributed by atoms with E-state index in [0.29, 0.717) is 17.4 Å². The number of nitrogens with zero attached hydrogens (tertiary/aromatic N) is 4. The highest BCUT2D eigenvalue weighted by molar-refractivity contribution is 7.99. The van der Waals surface area contributed by atoms with E-state index in [-0.39, 0.29) is 17.3 Å². The van der Waals surface area contributed by atoms with Crippen molar-refractivity contribution in [3.05, 3.63) is 52.9 Å². The van der Waals surface area contributed by atoms with Crippen molar-refractivity contribution < 1.29 is 9.72 Å². The lowest BCUT2D eigenvalue weighted by Gasteiger charge is -2.06. The van der Waals surface area contributed by atoms with Crippen LogP contribution in [0, 0.1) is 17.0 Å². The van der Waals surface area contributed by atoms with Gasteiger partial charge in [0.25, 0.3) is 5.69 Å². The first-order valence-corrected chi connectivity index (χ1v) is 7.67. The van der Waals surface area contributed by atoms with Gasteiger partial charge in [0.05, 0.1) is 10.7 Å². The van der Waals surface area contributed by atoms with Crippen molar-refractivity contribution in [2.24, 2.45) is 0 Å². The number of anilines is 1. The van der Waals surface area contributed by atoms with Crippen LogP contribution in [0.3, 0.4) is 0 Å². The van der Waals surface area contributed by atoms with Gasteiger partial charge < -0.3 is 9.88 Å². The van der Waals surface area contributed by atoms with Gasteiger partial charge >= 0.3 is 0 Å². The predicted octanol–water partition coefficient (Wildman–Crippen LogP) is 2.41. The van der Waals surface area contributed by atoms with E-state index in [1.165, 1.54) is 36.0 Å². The third-order valence-electron chi connectivity index (χ3n) is 2.91. The molecular formula is C14H15N5O3S. The fraction of sp³-hybridized carbons (Fsp3) is 0.214. The van der Waals surface area contributed by atoms with Crippen molar-refractivity contribution in [1.29, 1.82) is 0 Å². The summed E-state index contributed by atoms with van der Waals surface area (Å²) in [4.78, 5) is 22.0. The summed E-state index contributed by atoms with van der Waals surface area (Å²) in [6.45, 7) is 6.08. The Labute approximate surface area is 136 Å². The van der Waals surface area contributed by atoms with E-state index in [1.807, 2.05) is 11.5 Å². The van der Waals surface area contributed by atoms with Gasteiger partial charge in [0.2, 0.25) is 5.91 Å². The third-order valence-corrected chi connectivity index (χ3v) is 3.87. The zero-order chi connectivity index (χ0) is 16.8. The second-order valence-corrected chi connectivity index (χ2v) is 5.51. The van der Waals surface area contributed by atoms with E-state index in [9.17, 15) is 14.9 Å². The van der Waals surface area contributed by atoms with Crippen LogP contribution in [0.2, 0.25) is 0 Å². The molecular weight excluding hydrogens is 318 g/mol. The number of aryl methyl sites for hydroxylation is 1. The monoisotopic (exact) mass is 333 g/mol. The van der Waals surface area contributed by atoms with E-state index in [1.54, 1.807) is 6.08 Å². The van der Waals surface area contributed by atoms with Gasteiger partial charge in [0, 0.05) is 24.4 Å². The number of carbonyl (C=O) groups excluding carboxylic acids is 1. The maximum atomic E-state index is 11.9. The summed E-state index contributed by atoms with van der Waals surface area (Å²) in [6.07, 6.45) is 1.73. The lowest BCUT2D eigenvalue weighted by molar-refractivity contribution is -0.384.